The van der Waals surface area contributed by atoms with Crippen molar-refractivity contribution in [1.29, 1.82) is 0 Å². The summed E-state index contributed by atoms with van der Waals surface area (Å²) in [6.07, 6.45) is 2.46. The van der Waals surface area contributed by atoms with Crippen molar-refractivity contribution in [3.05, 3.63) is 34.6 Å². The highest BCUT2D eigenvalue weighted by atomic mass is 35.5. The summed E-state index contributed by atoms with van der Waals surface area (Å²) in [6, 6.07) is 4.12. The average Bonchev–Trinajstić information content (AvgIpc) is 2.38. The molecule has 2 N–H and O–H groups in total. The van der Waals surface area contributed by atoms with E-state index < -0.39 is 0 Å². The van der Waals surface area contributed by atoms with E-state index >= 15 is 0 Å². The van der Waals surface area contributed by atoms with Gasteiger partial charge in [0, 0.05) is 17.9 Å². The Hall–Kier alpha value is -0.930. The standard InChI is InChI=1S/C16H23ClFNO/c1-11(2)12(7-8-19)3-5-15(20)10-13-9-14(18)4-6-16(13)17/h4,6,9,11-12H,3,5,7-8,10,19H2,1-2H3. The van der Waals surface area contributed by atoms with E-state index in [1.165, 1.54) is 18.2 Å². The number of benzene rings is 1. The van der Waals surface area contributed by atoms with Gasteiger partial charge in [0.05, 0.1) is 0 Å². The van der Waals surface area contributed by atoms with Gasteiger partial charge in [-0.3, -0.25) is 4.79 Å². The fraction of sp³-hybridized carbons (Fsp3) is 0.562. The first-order chi connectivity index (χ1) is 9.43. The molecule has 1 aromatic rings. The minimum Gasteiger partial charge on any atom is -0.330 e. The van der Waals surface area contributed by atoms with Crippen molar-refractivity contribution < 1.29 is 9.18 Å². The Morgan fingerprint density at radius 1 is 1.35 bits per heavy atom. The molecule has 1 aromatic carbocycles. The van der Waals surface area contributed by atoms with E-state index in [1.807, 2.05) is 0 Å². The van der Waals surface area contributed by atoms with Crippen molar-refractivity contribution in [2.24, 2.45) is 17.6 Å². The highest BCUT2D eigenvalue weighted by Crippen LogP contribution is 2.22. The molecule has 0 aliphatic carbocycles. The van der Waals surface area contributed by atoms with Gasteiger partial charge in [0.2, 0.25) is 0 Å². The zero-order chi connectivity index (χ0) is 15.1. The molecule has 0 spiro atoms. The number of rotatable bonds is 8. The summed E-state index contributed by atoms with van der Waals surface area (Å²) in [4.78, 5) is 12.0. The summed E-state index contributed by atoms with van der Waals surface area (Å²) < 4.78 is 13.1. The number of carbonyl (C=O) groups excluding carboxylic acids is 1. The molecular weight excluding hydrogens is 277 g/mol. The highest BCUT2D eigenvalue weighted by Gasteiger charge is 2.15. The molecule has 0 aromatic heterocycles. The van der Waals surface area contributed by atoms with Gasteiger partial charge in [0.15, 0.2) is 0 Å². The van der Waals surface area contributed by atoms with Gasteiger partial charge in [0.1, 0.15) is 11.6 Å². The van der Waals surface area contributed by atoms with Crippen molar-refractivity contribution in [3.8, 4) is 0 Å². The predicted octanol–water partition coefficient (Wildman–Crippen LogP) is 3.99. The fourth-order valence-corrected chi connectivity index (χ4v) is 2.54. The molecule has 1 rings (SSSR count). The largest absolute Gasteiger partial charge is 0.330 e. The molecule has 0 aliphatic rings. The van der Waals surface area contributed by atoms with Crippen molar-refractivity contribution in [2.45, 2.75) is 39.5 Å². The summed E-state index contributed by atoms with van der Waals surface area (Å²) in [6.45, 7) is 4.94. The van der Waals surface area contributed by atoms with Gasteiger partial charge in [-0.1, -0.05) is 25.4 Å². The summed E-state index contributed by atoms with van der Waals surface area (Å²) >= 11 is 5.97. The lowest BCUT2D eigenvalue weighted by molar-refractivity contribution is -0.118. The number of Topliss-reactive ketones (excluding diaryl/α,β-unsaturated/α-hetero) is 1. The number of hydrogen-bond donors (Lipinski definition) is 1. The van der Waals surface area contributed by atoms with E-state index in [1.54, 1.807) is 0 Å². The van der Waals surface area contributed by atoms with Crippen LogP contribution in [0, 0.1) is 17.7 Å². The van der Waals surface area contributed by atoms with Crippen LogP contribution in [0.2, 0.25) is 5.02 Å². The van der Waals surface area contributed by atoms with E-state index in [4.69, 9.17) is 17.3 Å². The lowest BCUT2D eigenvalue weighted by atomic mass is 9.87. The van der Waals surface area contributed by atoms with Gasteiger partial charge < -0.3 is 5.73 Å². The Morgan fingerprint density at radius 3 is 2.65 bits per heavy atom. The molecule has 2 nitrogen and oxygen atoms in total. The van der Waals surface area contributed by atoms with Crippen molar-refractivity contribution in [1.82, 2.24) is 0 Å². The van der Waals surface area contributed by atoms with Crippen molar-refractivity contribution in [2.75, 3.05) is 6.54 Å². The third-order valence-corrected chi connectivity index (χ3v) is 4.04. The first kappa shape index (κ1) is 17.1. The first-order valence-electron chi connectivity index (χ1n) is 7.09. The van der Waals surface area contributed by atoms with Crippen LogP contribution in [0.5, 0.6) is 0 Å². The second-order valence-corrected chi connectivity index (χ2v) is 5.98. The molecule has 0 amide bonds. The first-order valence-corrected chi connectivity index (χ1v) is 7.47. The summed E-state index contributed by atoms with van der Waals surface area (Å²) in [5.41, 5.74) is 6.16. The van der Waals surface area contributed by atoms with E-state index in [0.717, 1.165) is 12.8 Å². The smallest absolute Gasteiger partial charge is 0.137 e. The van der Waals surface area contributed by atoms with E-state index in [0.29, 0.717) is 35.4 Å². The van der Waals surface area contributed by atoms with Crippen LogP contribution >= 0.6 is 11.6 Å². The molecule has 112 valence electrons. The normalized spacial score (nSPS) is 12.7. The zero-order valence-electron chi connectivity index (χ0n) is 12.2. The Labute approximate surface area is 125 Å². The van der Waals surface area contributed by atoms with Gasteiger partial charge in [-0.2, -0.15) is 0 Å². The number of carbonyl (C=O) groups is 1. The Balaban J connectivity index is 2.53. The Bertz CT molecular complexity index is 448. The molecule has 1 atom stereocenters. The SMILES string of the molecule is CC(C)C(CCN)CCC(=O)Cc1cc(F)ccc1Cl. The minimum atomic E-state index is -0.361. The molecule has 0 saturated heterocycles. The summed E-state index contributed by atoms with van der Waals surface area (Å²) in [5, 5.41) is 0.446. The second-order valence-electron chi connectivity index (χ2n) is 5.57. The van der Waals surface area contributed by atoms with Crippen LogP contribution in [0.1, 0.15) is 38.7 Å². The maximum absolute atomic E-state index is 13.1. The number of nitrogens with two attached hydrogens (primary N) is 1. The topological polar surface area (TPSA) is 43.1 Å². The minimum absolute atomic E-state index is 0.0974. The van der Waals surface area contributed by atoms with E-state index in [9.17, 15) is 9.18 Å². The number of halogens is 2. The maximum Gasteiger partial charge on any atom is 0.137 e. The Kier molecular flexibility index (Phi) is 7.17. The maximum atomic E-state index is 13.1. The van der Waals surface area contributed by atoms with Crippen LogP contribution in [0.25, 0.3) is 0 Å². The monoisotopic (exact) mass is 299 g/mol. The summed E-state index contributed by atoms with van der Waals surface area (Å²) in [7, 11) is 0. The van der Waals surface area contributed by atoms with Gasteiger partial charge in [0.25, 0.3) is 0 Å². The molecule has 4 heteroatoms. The van der Waals surface area contributed by atoms with Gasteiger partial charge in [-0.25, -0.2) is 4.39 Å². The molecule has 0 bridgehead atoms. The third kappa shape index (κ3) is 5.59. The second kappa shape index (κ2) is 8.38. The van der Waals surface area contributed by atoms with Crippen LogP contribution < -0.4 is 5.73 Å². The van der Waals surface area contributed by atoms with E-state index in [2.05, 4.69) is 13.8 Å². The zero-order valence-corrected chi connectivity index (χ0v) is 12.9. The molecule has 20 heavy (non-hydrogen) atoms. The van der Waals surface area contributed by atoms with Gasteiger partial charge >= 0.3 is 0 Å². The lowest BCUT2D eigenvalue weighted by Gasteiger charge is -2.19. The number of ketones is 1. The molecule has 0 fully saturated rings. The predicted molar refractivity (Wildman–Crippen MR) is 81.4 cm³/mol. The van der Waals surface area contributed by atoms with Gasteiger partial charge in [-0.05, 0) is 55.0 Å². The van der Waals surface area contributed by atoms with Gasteiger partial charge in [-0.15, -0.1) is 0 Å². The molecule has 1 unspecified atom stereocenters. The quantitative estimate of drug-likeness (QED) is 0.788. The summed E-state index contributed by atoms with van der Waals surface area (Å²) in [5.74, 6) is 0.719. The molecule has 0 saturated carbocycles. The molecule has 0 aliphatic heterocycles. The van der Waals surface area contributed by atoms with Crippen LogP contribution in [-0.2, 0) is 11.2 Å². The van der Waals surface area contributed by atoms with Crippen LogP contribution in [0.15, 0.2) is 18.2 Å². The van der Waals surface area contributed by atoms with Crippen molar-refractivity contribution in [3.63, 3.8) is 0 Å². The van der Waals surface area contributed by atoms with Crippen LogP contribution in [-0.4, -0.2) is 12.3 Å². The van der Waals surface area contributed by atoms with E-state index in [-0.39, 0.29) is 18.0 Å². The van der Waals surface area contributed by atoms with Crippen LogP contribution in [0.4, 0.5) is 4.39 Å². The average molecular weight is 300 g/mol. The van der Waals surface area contributed by atoms with Crippen LogP contribution in [0.3, 0.4) is 0 Å². The molecular formula is C16H23ClFNO. The highest BCUT2D eigenvalue weighted by molar-refractivity contribution is 6.31. The molecule has 0 heterocycles. The third-order valence-electron chi connectivity index (χ3n) is 3.67. The Morgan fingerprint density at radius 2 is 2.05 bits per heavy atom. The van der Waals surface area contributed by atoms with Crippen molar-refractivity contribution >= 4 is 17.4 Å². The fourth-order valence-electron chi connectivity index (χ4n) is 2.35. The lowest BCUT2D eigenvalue weighted by Crippen LogP contribution is -2.16. The number of hydrogen-bond acceptors (Lipinski definition) is 2. The molecule has 0 radical (unpaired) electrons.